The second-order valence-electron chi connectivity index (χ2n) is 3.81. The number of methoxy groups -OCH3 is 3. The molecule has 0 bridgehead atoms. The number of hydrogen-bond acceptors (Lipinski definition) is 6. The third kappa shape index (κ3) is 3.44. The minimum atomic E-state index is 0.463. The fourth-order valence-electron chi connectivity index (χ4n) is 1.51. The van der Waals surface area contributed by atoms with E-state index in [4.69, 9.17) is 14.2 Å². The van der Waals surface area contributed by atoms with Gasteiger partial charge in [-0.2, -0.15) is 0 Å². The van der Waals surface area contributed by atoms with E-state index in [2.05, 4.69) is 15.0 Å². The van der Waals surface area contributed by atoms with Crippen molar-refractivity contribution >= 4 is 11.9 Å². The van der Waals surface area contributed by atoms with E-state index in [1.54, 1.807) is 51.9 Å². The molecule has 0 radical (unpaired) electrons. The maximum atomic E-state index is 5.18. The summed E-state index contributed by atoms with van der Waals surface area (Å²) in [7, 11) is 4.73. The van der Waals surface area contributed by atoms with E-state index in [0.717, 1.165) is 0 Å². The van der Waals surface area contributed by atoms with E-state index in [1.165, 1.54) is 6.20 Å². The summed E-state index contributed by atoms with van der Waals surface area (Å²) in [4.78, 5) is 12.5. The molecule has 6 nitrogen and oxygen atoms in total. The molecule has 1 heterocycles. The highest BCUT2D eigenvalue weighted by Crippen LogP contribution is 2.27. The van der Waals surface area contributed by atoms with Crippen LogP contribution in [0.2, 0.25) is 0 Å². The Morgan fingerprint density at radius 1 is 0.900 bits per heavy atom. The number of nitrogens with zero attached hydrogens (tertiary/aromatic N) is 3. The number of ether oxygens (including phenoxy) is 3. The smallest absolute Gasteiger partial charge is 0.232 e. The van der Waals surface area contributed by atoms with E-state index in [1.807, 2.05) is 0 Å². The summed E-state index contributed by atoms with van der Waals surface area (Å²) in [6.45, 7) is 0. The van der Waals surface area contributed by atoms with E-state index >= 15 is 0 Å². The van der Waals surface area contributed by atoms with Crippen molar-refractivity contribution in [3.63, 3.8) is 0 Å². The summed E-state index contributed by atoms with van der Waals surface area (Å²) < 4.78 is 15.3. The molecule has 0 unspecified atom stereocenters. The van der Waals surface area contributed by atoms with Gasteiger partial charge in [0.25, 0.3) is 0 Å². The van der Waals surface area contributed by atoms with Gasteiger partial charge in [0.05, 0.1) is 51.3 Å². The molecule has 0 fully saturated rings. The predicted octanol–water partition coefficient (Wildman–Crippen LogP) is 2.25. The lowest BCUT2D eigenvalue weighted by atomic mass is 10.3. The zero-order valence-electron chi connectivity index (χ0n) is 11.5. The predicted molar refractivity (Wildman–Crippen MR) is 75.4 cm³/mol. The van der Waals surface area contributed by atoms with Crippen LogP contribution in [0.5, 0.6) is 17.4 Å². The highest BCUT2D eigenvalue weighted by molar-refractivity contribution is 5.79. The van der Waals surface area contributed by atoms with Gasteiger partial charge in [0, 0.05) is 18.2 Å². The van der Waals surface area contributed by atoms with Gasteiger partial charge in [-0.25, -0.2) is 9.97 Å². The average Bonchev–Trinajstić information content (AvgIpc) is 2.53. The van der Waals surface area contributed by atoms with Crippen LogP contribution in [-0.2, 0) is 0 Å². The summed E-state index contributed by atoms with van der Waals surface area (Å²) >= 11 is 0. The van der Waals surface area contributed by atoms with Crippen molar-refractivity contribution in [1.29, 1.82) is 0 Å². The molecule has 0 atom stereocenters. The van der Waals surface area contributed by atoms with Crippen molar-refractivity contribution in [1.82, 2.24) is 9.97 Å². The van der Waals surface area contributed by atoms with Crippen molar-refractivity contribution in [2.24, 2.45) is 4.99 Å². The molecule has 0 N–H and O–H groups in total. The van der Waals surface area contributed by atoms with E-state index in [-0.39, 0.29) is 0 Å². The summed E-state index contributed by atoms with van der Waals surface area (Å²) in [6, 6.07) is 5.39. The van der Waals surface area contributed by atoms with Crippen molar-refractivity contribution < 1.29 is 14.2 Å². The molecule has 0 saturated carbocycles. The maximum Gasteiger partial charge on any atom is 0.232 e. The quantitative estimate of drug-likeness (QED) is 0.782. The fraction of sp³-hybridized carbons (Fsp3) is 0.214. The zero-order chi connectivity index (χ0) is 14.4. The number of aliphatic imine (C=N–C) groups is 1. The molecule has 2 aromatic rings. The standard InChI is InChI=1S/C14H15N3O3/c1-18-12-4-10(5-13(6-12)19-2)15-7-11-8-17-14(20-3)9-16-11/h4-9H,1-3H3/b15-7-. The Labute approximate surface area is 117 Å². The lowest BCUT2D eigenvalue weighted by Gasteiger charge is -2.05. The maximum absolute atomic E-state index is 5.18. The van der Waals surface area contributed by atoms with Gasteiger partial charge in [-0.1, -0.05) is 0 Å². The second-order valence-corrected chi connectivity index (χ2v) is 3.81. The monoisotopic (exact) mass is 273 g/mol. The van der Waals surface area contributed by atoms with Gasteiger partial charge in [0.15, 0.2) is 0 Å². The third-order valence-corrected chi connectivity index (χ3v) is 2.54. The minimum Gasteiger partial charge on any atom is -0.497 e. The average molecular weight is 273 g/mol. The fourth-order valence-corrected chi connectivity index (χ4v) is 1.51. The largest absolute Gasteiger partial charge is 0.497 e. The second kappa shape index (κ2) is 6.51. The Morgan fingerprint density at radius 3 is 2.10 bits per heavy atom. The Balaban J connectivity index is 2.21. The van der Waals surface area contributed by atoms with Crippen molar-refractivity contribution in [2.45, 2.75) is 0 Å². The summed E-state index contributed by atoms with van der Waals surface area (Å²) in [5.74, 6) is 1.82. The Bertz CT molecular complexity index is 575. The first kappa shape index (κ1) is 13.8. The van der Waals surface area contributed by atoms with Gasteiger partial charge >= 0.3 is 0 Å². The highest BCUT2D eigenvalue weighted by atomic mass is 16.5. The molecule has 0 saturated heterocycles. The molecule has 1 aromatic heterocycles. The summed E-state index contributed by atoms with van der Waals surface area (Å²) in [6.07, 6.45) is 4.73. The first-order valence-electron chi connectivity index (χ1n) is 5.88. The van der Waals surface area contributed by atoms with Crippen LogP contribution in [0.3, 0.4) is 0 Å². The molecule has 6 heteroatoms. The van der Waals surface area contributed by atoms with Gasteiger partial charge in [-0.3, -0.25) is 4.99 Å². The van der Waals surface area contributed by atoms with Gasteiger partial charge in [-0.05, 0) is 0 Å². The molecule has 0 amide bonds. The Hall–Kier alpha value is -2.63. The molecule has 104 valence electrons. The summed E-state index contributed by atoms with van der Waals surface area (Å²) in [5, 5.41) is 0. The van der Waals surface area contributed by atoms with Crippen LogP contribution in [0.15, 0.2) is 35.6 Å². The highest BCUT2D eigenvalue weighted by Gasteiger charge is 2.00. The number of rotatable bonds is 5. The van der Waals surface area contributed by atoms with Crippen molar-refractivity contribution in [3.8, 4) is 17.4 Å². The van der Waals surface area contributed by atoms with Crippen molar-refractivity contribution in [3.05, 3.63) is 36.3 Å². The van der Waals surface area contributed by atoms with Crippen LogP contribution in [0.4, 0.5) is 5.69 Å². The van der Waals surface area contributed by atoms with Gasteiger partial charge in [0.1, 0.15) is 11.5 Å². The Morgan fingerprint density at radius 2 is 1.60 bits per heavy atom. The Kier molecular flexibility index (Phi) is 4.49. The topological polar surface area (TPSA) is 65.8 Å². The number of aromatic nitrogens is 2. The van der Waals surface area contributed by atoms with Crippen LogP contribution in [0, 0.1) is 0 Å². The molecule has 0 aliphatic carbocycles. The van der Waals surface area contributed by atoms with Gasteiger partial charge in [-0.15, -0.1) is 0 Å². The molecular weight excluding hydrogens is 258 g/mol. The molecule has 0 aliphatic rings. The molecule has 0 aliphatic heterocycles. The molecule has 2 rings (SSSR count). The minimum absolute atomic E-state index is 0.463. The van der Waals surface area contributed by atoms with Gasteiger partial charge in [0.2, 0.25) is 5.88 Å². The van der Waals surface area contributed by atoms with E-state index in [0.29, 0.717) is 28.8 Å². The lowest BCUT2D eigenvalue weighted by molar-refractivity contribution is 0.394. The van der Waals surface area contributed by atoms with Crippen LogP contribution in [-0.4, -0.2) is 37.5 Å². The zero-order valence-corrected chi connectivity index (χ0v) is 11.5. The van der Waals surface area contributed by atoms with Crippen LogP contribution >= 0.6 is 0 Å². The van der Waals surface area contributed by atoms with Crippen molar-refractivity contribution in [2.75, 3.05) is 21.3 Å². The van der Waals surface area contributed by atoms with E-state index < -0.39 is 0 Å². The molecule has 1 aromatic carbocycles. The molecular formula is C14H15N3O3. The van der Waals surface area contributed by atoms with E-state index in [9.17, 15) is 0 Å². The molecule has 20 heavy (non-hydrogen) atoms. The van der Waals surface area contributed by atoms with Crippen LogP contribution in [0.25, 0.3) is 0 Å². The first-order chi connectivity index (χ1) is 9.75. The lowest BCUT2D eigenvalue weighted by Crippen LogP contribution is -1.92. The SMILES string of the molecule is COc1cc(/N=C\c2cnc(OC)cn2)cc(OC)c1. The number of benzene rings is 1. The normalized spacial score (nSPS) is 10.6. The van der Waals surface area contributed by atoms with Crippen LogP contribution < -0.4 is 14.2 Å². The first-order valence-corrected chi connectivity index (χ1v) is 5.88. The van der Waals surface area contributed by atoms with Gasteiger partial charge < -0.3 is 14.2 Å². The summed E-state index contributed by atoms with van der Waals surface area (Å²) in [5.41, 5.74) is 1.34. The van der Waals surface area contributed by atoms with Crippen LogP contribution in [0.1, 0.15) is 5.69 Å². The molecule has 0 spiro atoms. The third-order valence-electron chi connectivity index (χ3n) is 2.54. The number of hydrogen-bond donors (Lipinski definition) is 0.